The number of para-hydroxylation sites is 2. The molecular formula is C40H39N2O10Pd-. The number of benzene rings is 4. The van der Waals surface area contributed by atoms with Gasteiger partial charge in [-0.2, -0.15) is 0 Å². The van der Waals surface area contributed by atoms with Crippen molar-refractivity contribution in [1.29, 1.82) is 0 Å². The molecule has 0 bridgehead atoms. The normalized spacial score (nSPS) is 9.89. The van der Waals surface area contributed by atoms with Gasteiger partial charge in [0.25, 0.3) is 0 Å². The van der Waals surface area contributed by atoms with Gasteiger partial charge in [0.1, 0.15) is 29.6 Å². The number of esters is 3. The van der Waals surface area contributed by atoms with Crippen LogP contribution in [-0.4, -0.2) is 52.3 Å². The average molecular weight is 814 g/mol. The van der Waals surface area contributed by atoms with Crippen LogP contribution in [0.25, 0.3) is 21.5 Å². The number of aromatic hydroxyl groups is 2. The van der Waals surface area contributed by atoms with Crippen LogP contribution in [0.2, 0.25) is 0 Å². The van der Waals surface area contributed by atoms with E-state index in [1.807, 2.05) is 48.5 Å². The first kappa shape index (κ1) is 43.1. The molecule has 53 heavy (non-hydrogen) atoms. The number of aryl methyl sites for hydroxylation is 1. The summed E-state index contributed by atoms with van der Waals surface area (Å²) in [6.07, 6.45) is 0. The van der Waals surface area contributed by atoms with Crippen LogP contribution in [0.4, 0.5) is 0 Å². The van der Waals surface area contributed by atoms with Crippen molar-refractivity contribution in [2.75, 3.05) is 14.2 Å². The van der Waals surface area contributed by atoms with Gasteiger partial charge in [-0.05, 0) is 43.3 Å². The zero-order valence-corrected chi connectivity index (χ0v) is 30.4. The first-order valence-corrected chi connectivity index (χ1v) is 15.2. The Bertz CT molecular complexity index is 2200. The number of hydrogen-bond acceptors (Lipinski definition) is 12. The minimum atomic E-state index is -0.798. The molecule has 12 nitrogen and oxygen atoms in total. The molecule has 4 aromatic carbocycles. The summed E-state index contributed by atoms with van der Waals surface area (Å²) in [6, 6.07) is 28.6. The first-order valence-electron chi connectivity index (χ1n) is 15.2. The van der Waals surface area contributed by atoms with Crippen molar-refractivity contribution in [1.82, 2.24) is 9.97 Å². The molecule has 13 heteroatoms. The van der Waals surface area contributed by atoms with Crippen LogP contribution < -0.4 is 9.47 Å². The average Bonchev–Trinajstić information content (AvgIpc) is 3.13. The van der Waals surface area contributed by atoms with Gasteiger partial charge in [-0.1, -0.05) is 68.1 Å². The molecule has 6 aromatic rings. The molecule has 0 unspecified atom stereocenters. The summed E-state index contributed by atoms with van der Waals surface area (Å²) in [5, 5.41) is 22.8. The van der Waals surface area contributed by atoms with E-state index >= 15 is 0 Å². The summed E-state index contributed by atoms with van der Waals surface area (Å²) in [4.78, 5) is 43.3. The van der Waals surface area contributed by atoms with Crippen molar-refractivity contribution in [3.63, 3.8) is 0 Å². The van der Waals surface area contributed by atoms with Crippen molar-refractivity contribution in [2.24, 2.45) is 0 Å². The number of nitrogens with zero attached hydrogens (tertiary/aromatic N) is 2. The van der Waals surface area contributed by atoms with Crippen LogP contribution >= 0.6 is 0 Å². The third-order valence-corrected chi connectivity index (χ3v) is 7.30. The molecule has 0 radical (unpaired) electrons. The van der Waals surface area contributed by atoms with E-state index in [0.717, 1.165) is 0 Å². The molecule has 0 fully saturated rings. The Morgan fingerprint density at radius 1 is 0.642 bits per heavy atom. The molecule has 0 aliphatic carbocycles. The Hall–Kier alpha value is -6.03. The largest absolute Gasteiger partial charge is 0.505 e. The van der Waals surface area contributed by atoms with Gasteiger partial charge in [-0.25, -0.2) is 19.6 Å². The SMILES string of the molecule is C.COC(=O)c1nc(C)c2c(Oc3ccccc3)cccc2c1O.COC(=O)c1nc(COC(C)=O)c2c(Oc3ccccc3)cccc2c1O.[CH3-].[Pd]. The summed E-state index contributed by atoms with van der Waals surface area (Å²) in [5.74, 6) is -0.298. The van der Waals surface area contributed by atoms with E-state index in [-0.39, 0.29) is 70.5 Å². The van der Waals surface area contributed by atoms with Gasteiger partial charge < -0.3 is 41.3 Å². The third kappa shape index (κ3) is 9.86. The van der Waals surface area contributed by atoms with Gasteiger partial charge in [0, 0.05) is 43.5 Å². The monoisotopic (exact) mass is 813 g/mol. The number of carbonyl (C=O) groups excluding carboxylic acids is 3. The second-order valence-electron chi connectivity index (χ2n) is 10.6. The van der Waals surface area contributed by atoms with Crippen LogP contribution in [0, 0.1) is 14.4 Å². The Labute approximate surface area is 320 Å². The van der Waals surface area contributed by atoms with Crippen molar-refractivity contribution in [3.8, 4) is 34.5 Å². The molecule has 0 saturated carbocycles. The quantitative estimate of drug-likeness (QED) is 0.0653. The molecule has 2 N–H and O–H groups in total. The number of fused-ring (bicyclic) bond motifs is 2. The molecule has 2 aromatic heterocycles. The van der Waals surface area contributed by atoms with Crippen molar-refractivity contribution >= 4 is 39.5 Å². The van der Waals surface area contributed by atoms with Gasteiger partial charge >= 0.3 is 17.9 Å². The van der Waals surface area contributed by atoms with Crippen LogP contribution in [0.3, 0.4) is 0 Å². The van der Waals surface area contributed by atoms with E-state index in [0.29, 0.717) is 50.2 Å². The van der Waals surface area contributed by atoms with Gasteiger partial charge in [0.05, 0.1) is 31.0 Å². The molecular weight excluding hydrogens is 775 g/mol. The Balaban J connectivity index is 0.000000351. The van der Waals surface area contributed by atoms with Crippen LogP contribution in [0.5, 0.6) is 34.5 Å². The van der Waals surface area contributed by atoms with Gasteiger partial charge in [-0.15, -0.1) is 0 Å². The number of methoxy groups -OCH3 is 2. The zero-order chi connectivity index (χ0) is 35.8. The zero-order valence-electron chi connectivity index (χ0n) is 28.8. The number of pyridine rings is 2. The Kier molecular flexibility index (Phi) is 15.9. The molecule has 0 atom stereocenters. The van der Waals surface area contributed by atoms with Gasteiger partial charge in [0.2, 0.25) is 0 Å². The molecule has 2 heterocycles. The second-order valence-corrected chi connectivity index (χ2v) is 10.6. The fourth-order valence-electron chi connectivity index (χ4n) is 5.06. The fourth-order valence-corrected chi connectivity index (χ4v) is 5.06. The van der Waals surface area contributed by atoms with Crippen LogP contribution in [-0.2, 0) is 46.0 Å². The van der Waals surface area contributed by atoms with Crippen LogP contribution in [0.15, 0.2) is 97.1 Å². The summed E-state index contributed by atoms with van der Waals surface area (Å²) in [6.45, 7) is 2.84. The molecule has 0 amide bonds. The predicted molar refractivity (Wildman–Crippen MR) is 196 cm³/mol. The second kappa shape index (κ2) is 19.5. The molecule has 280 valence electrons. The topological polar surface area (TPSA) is 164 Å². The van der Waals surface area contributed by atoms with E-state index in [1.165, 1.54) is 21.1 Å². The smallest absolute Gasteiger partial charge is 0.360 e. The Morgan fingerprint density at radius 3 is 1.53 bits per heavy atom. The minimum Gasteiger partial charge on any atom is -0.505 e. The van der Waals surface area contributed by atoms with Crippen LogP contribution in [0.1, 0.15) is 46.7 Å². The van der Waals surface area contributed by atoms with Crippen molar-refractivity contribution in [2.45, 2.75) is 27.9 Å². The molecule has 0 saturated heterocycles. The standard InChI is InChI=1S/C20H17NO6.C18H15NO4.CH4.CH3.Pd/c1-12(22)26-11-15-17-14(19(23)18(21-15)20(24)25-2)9-6-10-16(17)27-13-7-4-3-5-8-13;1-11-15-13(17(20)16(19-11)18(21)22-2)9-6-10-14(15)23-12-7-4-3-5-8-12;;;/h3-10,23H,11H2,1-2H3;3-10,20H,1-2H3;1H4;1H3;/q;;;-1;. The maximum Gasteiger partial charge on any atom is 0.360 e. The summed E-state index contributed by atoms with van der Waals surface area (Å²) in [7, 11) is 2.44. The van der Waals surface area contributed by atoms with E-state index in [4.69, 9.17) is 14.2 Å². The third-order valence-electron chi connectivity index (χ3n) is 7.30. The van der Waals surface area contributed by atoms with Gasteiger partial charge in [0.15, 0.2) is 22.9 Å². The molecule has 6 rings (SSSR count). The number of carbonyl (C=O) groups is 3. The first-order chi connectivity index (χ1) is 24.1. The summed E-state index contributed by atoms with van der Waals surface area (Å²) < 4.78 is 26.2. The minimum absolute atomic E-state index is 0. The summed E-state index contributed by atoms with van der Waals surface area (Å²) in [5.41, 5.74) is 0.480. The number of aromatic nitrogens is 2. The van der Waals surface area contributed by atoms with Crippen molar-refractivity contribution in [3.05, 3.63) is 127 Å². The fraction of sp³-hybridized carbons (Fsp3) is 0.150. The number of ether oxygens (including phenoxy) is 5. The molecule has 0 aliphatic rings. The van der Waals surface area contributed by atoms with Crippen molar-refractivity contribution < 1.29 is 68.7 Å². The number of hydrogen-bond donors (Lipinski definition) is 2. The molecule has 0 spiro atoms. The van der Waals surface area contributed by atoms with Gasteiger partial charge in [-0.3, -0.25) is 4.79 Å². The summed E-state index contributed by atoms with van der Waals surface area (Å²) >= 11 is 0. The molecule has 0 aliphatic heterocycles. The van der Waals surface area contributed by atoms with E-state index in [9.17, 15) is 24.6 Å². The predicted octanol–water partition coefficient (Wildman–Crippen LogP) is 8.49. The van der Waals surface area contributed by atoms with E-state index < -0.39 is 17.9 Å². The maximum atomic E-state index is 12.0. The van der Waals surface area contributed by atoms with E-state index in [1.54, 1.807) is 55.5 Å². The maximum absolute atomic E-state index is 12.0. The van der Waals surface area contributed by atoms with E-state index in [2.05, 4.69) is 19.4 Å². The Morgan fingerprint density at radius 2 is 1.08 bits per heavy atom. The number of rotatable bonds is 8.